The molecule has 118 valence electrons. The second kappa shape index (κ2) is 9.56. The quantitative estimate of drug-likeness (QED) is 0.644. The fourth-order valence-corrected chi connectivity index (χ4v) is 2.50. The van der Waals surface area contributed by atoms with E-state index in [0.717, 1.165) is 19.4 Å². The number of benzene rings is 1. The van der Waals surface area contributed by atoms with Crippen LogP contribution in [0.4, 0.5) is 0 Å². The lowest BCUT2D eigenvalue weighted by atomic mass is 9.99. The molecule has 1 rings (SSSR count). The predicted octanol–water partition coefficient (Wildman–Crippen LogP) is 3.86. The zero-order valence-electron chi connectivity index (χ0n) is 13.6. The number of carboxylic acid groups (broad SMARTS) is 1. The van der Waals surface area contributed by atoms with Gasteiger partial charge in [0.15, 0.2) is 0 Å². The van der Waals surface area contributed by atoms with Crippen molar-refractivity contribution in [2.24, 2.45) is 0 Å². The van der Waals surface area contributed by atoms with Gasteiger partial charge >= 0.3 is 5.97 Å². The van der Waals surface area contributed by atoms with E-state index in [2.05, 4.69) is 44.3 Å². The second-order valence-electron chi connectivity index (χ2n) is 5.93. The van der Waals surface area contributed by atoms with Crippen LogP contribution in [0.2, 0.25) is 0 Å². The standard InChI is InChI=1S/C18H29NO2/c1-4-5-6-7-10-19-17(13-18(20)21)12-16-9-8-14(2)15(3)11-16/h8-9,11,17,19H,4-7,10,12-13H2,1-3H3,(H,20,21). The summed E-state index contributed by atoms with van der Waals surface area (Å²) in [5.41, 5.74) is 3.76. The molecular formula is C18H29NO2. The van der Waals surface area contributed by atoms with Crippen molar-refractivity contribution in [1.29, 1.82) is 0 Å². The van der Waals surface area contributed by atoms with Gasteiger partial charge in [-0.15, -0.1) is 0 Å². The second-order valence-corrected chi connectivity index (χ2v) is 5.93. The van der Waals surface area contributed by atoms with E-state index in [0.29, 0.717) is 0 Å². The van der Waals surface area contributed by atoms with Gasteiger partial charge in [0.05, 0.1) is 6.42 Å². The van der Waals surface area contributed by atoms with E-state index < -0.39 is 5.97 Å². The highest BCUT2D eigenvalue weighted by molar-refractivity contribution is 5.67. The van der Waals surface area contributed by atoms with Gasteiger partial charge in [0.25, 0.3) is 0 Å². The number of hydrogen-bond donors (Lipinski definition) is 2. The number of aryl methyl sites for hydroxylation is 2. The first kappa shape index (κ1) is 17.7. The fourth-order valence-electron chi connectivity index (χ4n) is 2.50. The third-order valence-corrected chi connectivity index (χ3v) is 3.94. The molecular weight excluding hydrogens is 262 g/mol. The van der Waals surface area contributed by atoms with Crippen molar-refractivity contribution in [3.63, 3.8) is 0 Å². The number of unbranched alkanes of at least 4 members (excludes halogenated alkanes) is 3. The van der Waals surface area contributed by atoms with Gasteiger partial charge in [-0.25, -0.2) is 0 Å². The Balaban J connectivity index is 2.52. The average Bonchev–Trinajstić information content (AvgIpc) is 2.42. The largest absolute Gasteiger partial charge is 0.481 e. The Morgan fingerprint density at radius 3 is 2.57 bits per heavy atom. The van der Waals surface area contributed by atoms with Crippen LogP contribution in [0.1, 0.15) is 55.7 Å². The monoisotopic (exact) mass is 291 g/mol. The maximum Gasteiger partial charge on any atom is 0.304 e. The molecule has 0 spiro atoms. The molecule has 2 N–H and O–H groups in total. The first-order valence-electron chi connectivity index (χ1n) is 8.04. The molecule has 0 aromatic heterocycles. The molecule has 0 aliphatic heterocycles. The summed E-state index contributed by atoms with van der Waals surface area (Å²) in [6, 6.07) is 6.41. The van der Waals surface area contributed by atoms with Crippen LogP contribution in [0.5, 0.6) is 0 Å². The van der Waals surface area contributed by atoms with Gasteiger partial charge in [0, 0.05) is 6.04 Å². The van der Waals surface area contributed by atoms with Crippen LogP contribution >= 0.6 is 0 Å². The Bertz CT molecular complexity index is 443. The van der Waals surface area contributed by atoms with Crippen LogP contribution in [0.15, 0.2) is 18.2 Å². The minimum absolute atomic E-state index is 0.0197. The fraction of sp³-hybridized carbons (Fsp3) is 0.611. The Labute approximate surface area is 128 Å². The summed E-state index contributed by atoms with van der Waals surface area (Å²) >= 11 is 0. The van der Waals surface area contributed by atoms with Crippen LogP contribution in [0, 0.1) is 13.8 Å². The maximum atomic E-state index is 11.0. The first-order valence-corrected chi connectivity index (χ1v) is 8.04. The highest BCUT2D eigenvalue weighted by Gasteiger charge is 2.13. The number of carboxylic acids is 1. The summed E-state index contributed by atoms with van der Waals surface area (Å²) in [4.78, 5) is 11.0. The summed E-state index contributed by atoms with van der Waals surface area (Å²) < 4.78 is 0. The zero-order valence-corrected chi connectivity index (χ0v) is 13.6. The van der Waals surface area contributed by atoms with Gasteiger partial charge in [-0.2, -0.15) is 0 Å². The number of rotatable bonds is 10. The molecule has 0 saturated carbocycles. The molecule has 1 aromatic carbocycles. The summed E-state index contributed by atoms with van der Waals surface area (Å²) in [6.07, 6.45) is 5.77. The molecule has 0 heterocycles. The van der Waals surface area contributed by atoms with E-state index in [-0.39, 0.29) is 12.5 Å². The molecule has 3 heteroatoms. The van der Waals surface area contributed by atoms with E-state index in [9.17, 15) is 4.79 Å². The smallest absolute Gasteiger partial charge is 0.304 e. The molecule has 21 heavy (non-hydrogen) atoms. The van der Waals surface area contributed by atoms with Crippen molar-refractivity contribution in [3.8, 4) is 0 Å². The molecule has 0 bridgehead atoms. The molecule has 1 unspecified atom stereocenters. The topological polar surface area (TPSA) is 49.3 Å². The molecule has 0 aliphatic rings. The van der Waals surface area contributed by atoms with Crippen LogP contribution in [0.25, 0.3) is 0 Å². The Kier molecular flexibility index (Phi) is 8.06. The minimum Gasteiger partial charge on any atom is -0.481 e. The van der Waals surface area contributed by atoms with Crippen LogP contribution in [-0.4, -0.2) is 23.7 Å². The normalized spacial score (nSPS) is 12.3. The zero-order chi connectivity index (χ0) is 15.7. The SMILES string of the molecule is CCCCCCNC(CC(=O)O)Cc1ccc(C)c(C)c1. The van der Waals surface area contributed by atoms with E-state index in [1.807, 2.05) is 0 Å². The van der Waals surface area contributed by atoms with Crippen molar-refractivity contribution in [3.05, 3.63) is 34.9 Å². The van der Waals surface area contributed by atoms with E-state index >= 15 is 0 Å². The predicted molar refractivity (Wildman–Crippen MR) is 87.8 cm³/mol. The summed E-state index contributed by atoms with van der Waals surface area (Å²) in [5, 5.41) is 12.5. The molecule has 3 nitrogen and oxygen atoms in total. The van der Waals surface area contributed by atoms with Crippen molar-refractivity contribution >= 4 is 5.97 Å². The summed E-state index contributed by atoms with van der Waals surface area (Å²) in [7, 11) is 0. The highest BCUT2D eigenvalue weighted by Crippen LogP contribution is 2.13. The number of aliphatic carboxylic acids is 1. The molecule has 0 radical (unpaired) electrons. The van der Waals surface area contributed by atoms with E-state index in [1.54, 1.807) is 0 Å². The number of nitrogens with one attached hydrogen (secondary N) is 1. The van der Waals surface area contributed by atoms with Crippen molar-refractivity contribution in [1.82, 2.24) is 5.32 Å². The van der Waals surface area contributed by atoms with Crippen LogP contribution in [0.3, 0.4) is 0 Å². The van der Waals surface area contributed by atoms with Crippen LogP contribution in [-0.2, 0) is 11.2 Å². The lowest BCUT2D eigenvalue weighted by Crippen LogP contribution is -2.34. The lowest BCUT2D eigenvalue weighted by Gasteiger charge is -2.17. The molecule has 1 atom stereocenters. The Morgan fingerprint density at radius 2 is 1.95 bits per heavy atom. The van der Waals surface area contributed by atoms with Crippen molar-refractivity contribution in [2.75, 3.05) is 6.54 Å². The Hall–Kier alpha value is -1.35. The minimum atomic E-state index is -0.732. The van der Waals surface area contributed by atoms with Crippen molar-refractivity contribution < 1.29 is 9.90 Å². The maximum absolute atomic E-state index is 11.0. The lowest BCUT2D eigenvalue weighted by molar-refractivity contribution is -0.137. The van der Waals surface area contributed by atoms with Crippen LogP contribution < -0.4 is 5.32 Å². The van der Waals surface area contributed by atoms with Crippen molar-refractivity contribution in [2.45, 2.75) is 65.3 Å². The molecule has 0 aliphatic carbocycles. The molecule has 0 fully saturated rings. The third-order valence-electron chi connectivity index (χ3n) is 3.94. The van der Waals surface area contributed by atoms with Gasteiger partial charge in [0.1, 0.15) is 0 Å². The summed E-state index contributed by atoms with van der Waals surface area (Å²) in [5.74, 6) is -0.732. The van der Waals surface area contributed by atoms with E-state index in [1.165, 1.54) is 36.0 Å². The van der Waals surface area contributed by atoms with Gasteiger partial charge in [-0.1, -0.05) is 44.4 Å². The van der Waals surface area contributed by atoms with E-state index in [4.69, 9.17) is 5.11 Å². The highest BCUT2D eigenvalue weighted by atomic mass is 16.4. The van der Waals surface area contributed by atoms with Gasteiger partial charge in [0.2, 0.25) is 0 Å². The molecule has 0 amide bonds. The molecule has 1 aromatic rings. The van der Waals surface area contributed by atoms with Gasteiger partial charge in [-0.3, -0.25) is 4.79 Å². The Morgan fingerprint density at radius 1 is 1.19 bits per heavy atom. The molecule has 0 saturated heterocycles. The number of hydrogen-bond acceptors (Lipinski definition) is 2. The third kappa shape index (κ3) is 7.28. The van der Waals surface area contributed by atoms with Gasteiger partial charge < -0.3 is 10.4 Å². The average molecular weight is 291 g/mol. The van der Waals surface area contributed by atoms with Gasteiger partial charge in [-0.05, 0) is 49.9 Å². The number of carbonyl (C=O) groups is 1. The summed E-state index contributed by atoms with van der Waals surface area (Å²) in [6.45, 7) is 7.30. The first-order chi connectivity index (χ1) is 10.0.